The largest absolute Gasteiger partial charge is 0.342 e. The average Bonchev–Trinajstić information content (AvgIpc) is 1.46. The third-order valence-corrected chi connectivity index (χ3v) is 26.1. The number of aromatic nitrogens is 6. The molecule has 0 spiro atoms. The molecule has 6 nitrogen and oxygen atoms in total. The fraction of sp³-hybridized carbons (Fsp3) is 0.00990. The van der Waals surface area contributed by atoms with Crippen molar-refractivity contribution >= 4 is 199 Å². The zero-order chi connectivity index (χ0) is 78.7. The molecule has 0 saturated carbocycles. The van der Waals surface area contributed by atoms with E-state index in [4.69, 9.17) is 116 Å². The Bertz CT molecular complexity index is 7550. The van der Waals surface area contributed by atoms with Gasteiger partial charge in [-0.25, -0.2) is 0 Å². The summed E-state index contributed by atoms with van der Waals surface area (Å²) >= 11 is 71.4. The summed E-state index contributed by atoms with van der Waals surface area (Å²) in [7, 11) is 0. The van der Waals surface area contributed by atoms with Gasteiger partial charge in [-0.1, -0.05) is 286 Å². The second-order valence-electron chi connectivity index (χ2n) is 30.0. The quantitative estimate of drug-likeness (QED) is 0.0813. The van der Waals surface area contributed by atoms with Crippen LogP contribution in [-0.2, 0) is 6.54 Å². The lowest BCUT2D eigenvalue weighted by Gasteiger charge is -2.25. The summed E-state index contributed by atoms with van der Waals surface area (Å²) in [4.78, 5) is 0. The molecule has 10 aromatic heterocycles. The summed E-state index contributed by atoms with van der Waals surface area (Å²) in [6, 6.07) is 102. The summed E-state index contributed by atoms with van der Waals surface area (Å²) in [6.45, 7) is 0.564. The highest BCUT2D eigenvalue weighted by atomic mass is 35.5. The minimum absolute atomic E-state index is 0.564. The fourth-order valence-electron chi connectivity index (χ4n) is 18.9. The monoisotopic (exact) mass is 1700 g/mol. The number of para-hydroxylation sites is 1. The van der Waals surface area contributed by atoms with Crippen molar-refractivity contribution in [2.24, 2.45) is 0 Å². The third kappa shape index (κ3) is 10.8. The van der Waals surface area contributed by atoms with E-state index in [9.17, 15) is 0 Å². The Morgan fingerprint density at radius 3 is 0.701 bits per heavy atom. The van der Waals surface area contributed by atoms with Gasteiger partial charge in [0, 0.05) is 153 Å². The van der Waals surface area contributed by atoms with E-state index in [0.29, 0.717) is 56.8 Å². The molecule has 0 saturated heterocycles. The molecule has 0 aliphatic heterocycles. The SMILES string of the molecule is Clc1ccc(-c2cn3c(c2-c2ccc(Cl)cc2)c2c(-c4ccc(Cl)cc4)c(-c4ccc(Cl)cc4)c4c5c(-c6ccc(Cl)cc6)c(-c6ccc(Cl)cc6)c6c7c(-c8ccc(Cl)cc8)c(-c8ccc(Cl)cc8)c8c9c(-c%10ccc(Cl)cc%10)c(-c%10ccc(Cl)cc%10)cn9c9c(-c%10cn(Cc%11ccccc%11)c%11ccccc%10%11)c3c(c(c9n87)n56)n24)cc1. The van der Waals surface area contributed by atoms with Crippen LogP contribution < -0.4 is 0 Å². The van der Waals surface area contributed by atoms with Gasteiger partial charge in [-0.3, -0.25) is 0 Å². The Labute approximate surface area is 719 Å². The van der Waals surface area contributed by atoms with Crippen LogP contribution in [0.4, 0.5) is 0 Å². The van der Waals surface area contributed by atoms with Crippen LogP contribution in [0.2, 0.25) is 50.2 Å². The summed E-state index contributed by atoms with van der Waals surface area (Å²) in [5.41, 5.74) is 34.7. The molecule has 13 aromatic carbocycles. The van der Waals surface area contributed by atoms with Gasteiger partial charge in [0.15, 0.2) is 0 Å². The molecule has 0 N–H and O–H groups in total. The van der Waals surface area contributed by atoms with Crippen LogP contribution in [0.3, 0.4) is 0 Å². The van der Waals surface area contributed by atoms with Crippen molar-refractivity contribution in [3.63, 3.8) is 0 Å². The van der Waals surface area contributed by atoms with Gasteiger partial charge in [-0.2, -0.15) is 0 Å². The van der Waals surface area contributed by atoms with Crippen molar-refractivity contribution in [3.8, 4) is 122 Å². The van der Waals surface area contributed by atoms with Crippen LogP contribution in [0.15, 0.2) is 316 Å². The molecule has 0 bridgehead atoms. The van der Waals surface area contributed by atoms with E-state index >= 15 is 0 Å². The zero-order valence-electron chi connectivity index (χ0n) is 61.2. The normalized spacial score (nSPS) is 12.2. The first-order chi connectivity index (χ1) is 57.2. The zero-order valence-corrected chi connectivity index (χ0v) is 68.8. The lowest BCUT2D eigenvalue weighted by Crippen LogP contribution is -2.11. The Hall–Kier alpha value is -11.3. The van der Waals surface area contributed by atoms with Gasteiger partial charge < -0.3 is 26.6 Å². The number of rotatable bonds is 13. The van der Waals surface area contributed by atoms with Crippen LogP contribution in [0.1, 0.15) is 5.56 Å². The highest BCUT2D eigenvalue weighted by Crippen LogP contribution is 2.62. The molecule has 0 unspecified atom stereocenters. The number of hydrogen-bond donors (Lipinski definition) is 0. The first-order valence-corrected chi connectivity index (χ1v) is 41.8. The highest BCUT2D eigenvalue weighted by Gasteiger charge is 2.41. The molecule has 16 heteroatoms. The molecular weight excluding hydrogens is 1650 g/mol. The fourth-order valence-corrected chi connectivity index (χ4v) is 20.1. The molecule has 0 atom stereocenters. The Morgan fingerprint density at radius 2 is 0.410 bits per heavy atom. The summed E-state index contributed by atoms with van der Waals surface area (Å²) in [5, 5.41) is 6.97. The van der Waals surface area contributed by atoms with Crippen molar-refractivity contribution in [1.29, 1.82) is 0 Å². The molecule has 0 aliphatic rings. The molecule has 0 amide bonds. The molecule has 0 radical (unpaired) electrons. The van der Waals surface area contributed by atoms with Crippen molar-refractivity contribution in [2.75, 3.05) is 0 Å². The van der Waals surface area contributed by atoms with Gasteiger partial charge in [0.25, 0.3) is 0 Å². The van der Waals surface area contributed by atoms with Gasteiger partial charge in [0.1, 0.15) is 0 Å². The Morgan fingerprint density at radius 1 is 0.179 bits per heavy atom. The Kier molecular flexibility index (Phi) is 16.5. The number of fused-ring (bicyclic) bond motifs is 9. The van der Waals surface area contributed by atoms with Crippen LogP contribution >= 0.6 is 116 Å². The minimum Gasteiger partial charge on any atom is -0.342 e. The maximum Gasteiger partial charge on any atom is 0.0992 e. The van der Waals surface area contributed by atoms with Crippen molar-refractivity contribution in [2.45, 2.75) is 6.54 Å². The van der Waals surface area contributed by atoms with Crippen LogP contribution in [0.25, 0.3) is 205 Å². The molecule has 117 heavy (non-hydrogen) atoms. The minimum atomic E-state index is 0.564. The third-order valence-electron chi connectivity index (χ3n) is 23.6. The van der Waals surface area contributed by atoms with Crippen LogP contribution in [-0.4, -0.2) is 26.6 Å². The lowest BCUT2D eigenvalue weighted by molar-refractivity contribution is 0.838. The second kappa shape index (κ2) is 27.1. The second-order valence-corrected chi connectivity index (χ2v) is 34.3. The first-order valence-electron chi connectivity index (χ1n) is 38.0. The summed E-state index contributed by atoms with van der Waals surface area (Å²) < 4.78 is 15.4. The maximum atomic E-state index is 7.21. The number of benzene rings is 13. The van der Waals surface area contributed by atoms with E-state index in [-0.39, 0.29) is 0 Å². The van der Waals surface area contributed by atoms with Crippen molar-refractivity contribution < 1.29 is 0 Å². The van der Waals surface area contributed by atoms with Gasteiger partial charge in [-0.05, 0) is 189 Å². The van der Waals surface area contributed by atoms with Gasteiger partial charge in [0.2, 0.25) is 0 Å². The Balaban J connectivity index is 1.13. The van der Waals surface area contributed by atoms with Crippen LogP contribution in [0.5, 0.6) is 0 Å². The van der Waals surface area contributed by atoms with Crippen molar-refractivity contribution in [3.05, 3.63) is 372 Å². The van der Waals surface area contributed by atoms with E-state index in [0.717, 1.165) is 211 Å². The molecule has 558 valence electrons. The number of halogens is 10. The molecule has 0 fully saturated rings. The highest BCUT2D eigenvalue weighted by molar-refractivity contribution is 6.38. The van der Waals surface area contributed by atoms with Gasteiger partial charge in [0.05, 0.1) is 71.7 Å². The van der Waals surface area contributed by atoms with Gasteiger partial charge in [-0.15, -0.1) is 0 Å². The lowest BCUT2D eigenvalue weighted by atomic mass is 9.91. The predicted octanol–water partition coefficient (Wildman–Crippen LogP) is 32.8. The van der Waals surface area contributed by atoms with Crippen molar-refractivity contribution in [1.82, 2.24) is 26.6 Å². The predicted molar refractivity (Wildman–Crippen MR) is 496 cm³/mol. The average molecular weight is 1710 g/mol. The van der Waals surface area contributed by atoms with E-state index < -0.39 is 0 Å². The maximum absolute atomic E-state index is 7.21. The van der Waals surface area contributed by atoms with E-state index in [1.165, 1.54) is 0 Å². The summed E-state index contributed by atoms with van der Waals surface area (Å²) in [6.07, 6.45) is 7.15. The number of hydrogen-bond acceptors (Lipinski definition) is 0. The van der Waals surface area contributed by atoms with Gasteiger partial charge >= 0.3 is 0 Å². The molecule has 10 heterocycles. The smallest absolute Gasteiger partial charge is 0.0992 e. The molecular formula is C101H54Cl10N6. The van der Waals surface area contributed by atoms with E-state index in [2.05, 4.69) is 221 Å². The number of nitrogens with zero attached hydrogens (tertiary/aromatic N) is 6. The topological polar surface area (TPSA) is 27.0 Å². The first kappa shape index (κ1) is 71.1. The van der Waals surface area contributed by atoms with E-state index in [1.54, 1.807) is 0 Å². The molecule has 23 aromatic rings. The standard InChI is InChI=1S/C101H54Cl10N6/c102-65-30-10-55(11-31-65)76-52-113-89(80(76)57-14-34-67(104)35-15-57)93-82(59-18-38-69(106)39-19-59)84(61-22-42-71(108)43-23-61)95-97-86(63-26-46-73(110)47-27-63)87(64-28-48-74(111)49-29-64)98-96-85(62-24-44-72(109)45-25-62)83(60-20-40-70(107)41-21-60)94-90-81(58-16-36-68(105)37-17-58)77(56-12-32-66(103)33-13-56)53-114(90)92-88(91(113)99(115(93)95)101(117(97)98)100(92)116(94)96)78-51-112(50-54-6-2-1-3-7-54)79-9-5-4-8-75(78)79/h1-49,51-53H,50H2. The van der Waals surface area contributed by atoms with E-state index in [1.807, 2.05) is 121 Å². The molecule has 0 aliphatic carbocycles. The molecule has 23 rings (SSSR count). The van der Waals surface area contributed by atoms with Crippen LogP contribution in [0, 0.1) is 0 Å². The summed E-state index contributed by atoms with van der Waals surface area (Å²) in [5.74, 6) is 0.